The Labute approximate surface area is 216 Å². The molecule has 0 aliphatic rings. The average molecular weight is 510 g/mol. The maximum Gasteiger partial charge on any atom is 0.243 e. The predicted octanol–water partition coefficient (Wildman–Crippen LogP) is 6.25. The van der Waals surface area contributed by atoms with Crippen molar-refractivity contribution in [3.05, 3.63) is 84.1 Å². The van der Waals surface area contributed by atoms with Crippen LogP contribution in [0.5, 0.6) is 5.75 Å². The van der Waals surface area contributed by atoms with Crippen molar-refractivity contribution >= 4 is 15.8 Å². The Balaban J connectivity index is 1.62. The highest BCUT2D eigenvalue weighted by Crippen LogP contribution is 2.26. The van der Waals surface area contributed by atoms with Crippen LogP contribution in [0.25, 0.3) is 0 Å². The van der Waals surface area contributed by atoms with E-state index in [1.165, 1.54) is 0 Å². The number of unbranched alkanes of at least 4 members (excludes halogenated alkanes) is 3. The van der Waals surface area contributed by atoms with Gasteiger partial charge in [0.05, 0.1) is 12.0 Å². The van der Waals surface area contributed by atoms with Crippen LogP contribution < -0.4 is 10.1 Å². The fraction of sp³-hybridized carbons (Fsp3) is 0.414. The van der Waals surface area contributed by atoms with E-state index in [1.54, 1.807) is 29.7 Å². The van der Waals surface area contributed by atoms with Crippen LogP contribution in [0.4, 0.5) is 5.82 Å². The summed E-state index contributed by atoms with van der Waals surface area (Å²) in [6.07, 6.45) is 5.57. The van der Waals surface area contributed by atoms with E-state index < -0.39 is 10.0 Å². The first kappa shape index (κ1) is 27.7. The Morgan fingerprint density at radius 1 is 0.889 bits per heavy atom. The molecule has 194 valence electrons. The van der Waals surface area contributed by atoms with E-state index in [1.807, 2.05) is 54.6 Å². The van der Waals surface area contributed by atoms with Gasteiger partial charge >= 0.3 is 0 Å². The molecular weight excluding hydrogens is 470 g/mol. The number of pyridine rings is 1. The smallest absolute Gasteiger partial charge is 0.243 e. The molecule has 3 rings (SSSR count). The molecule has 3 aromatic rings. The molecule has 6 nitrogen and oxygen atoms in total. The van der Waals surface area contributed by atoms with Gasteiger partial charge in [-0.05, 0) is 65.8 Å². The number of hydrogen-bond donors (Lipinski definition) is 1. The van der Waals surface area contributed by atoms with Gasteiger partial charge in [-0.1, -0.05) is 63.9 Å². The molecule has 0 radical (unpaired) electrons. The van der Waals surface area contributed by atoms with Crippen molar-refractivity contribution in [2.24, 2.45) is 0 Å². The third-order valence-electron chi connectivity index (χ3n) is 6.18. The summed E-state index contributed by atoms with van der Waals surface area (Å²) < 4.78 is 34.1. The Kier molecular flexibility index (Phi) is 9.90. The van der Waals surface area contributed by atoms with Crippen molar-refractivity contribution in [3.8, 4) is 5.75 Å². The fourth-order valence-electron chi connectivity index (χ4n) is 3.95. The summed E-state index contributed by atoms with van der Waals surface area (Å²) in [7, 11) is -2.01. The van der Waals surface area contributed by atoms with Crippen molar-refractivity contribution in [2.45, 2.75) is 63.3 Å². The minimum absolute atomic E-state index is 0.0312. The average Bonchev–Trinajstić information content (AvgIpc) is 2.88. The molecule has 0 fully saturated rings. The molecule has 7 heteroatoms. The maximum absolute atomic E-state index is 13.6. The van der Waals surface area contributed by atoms with Crippen molar-refractivity contribution < 1.29 is 13.2 Å². The number of hydrogen-bond acceptors (Lipinski definition) is 5. The lowest BCUT2D eigenvalue weighted by Crippen LogP contribution is -2.31. The number of nitrogens with zero attached hydrogens (tertiary/aromatic N) is 2. The molecule has 2 aromatic carbocycles. The van der Waals surface area contributed by atoms with Crippen LogP contribution in [-0.2, 0) is 22.0 Å². The third-order valence-corrected chi connectivity index (χ3v) is 8.04. The van der Waals surface area contributed by atoms with Gasteiger partial charge in [-0.15, -0.1) is 0 Å². The van der Waals surface area contributed by atoms with Gasteiger partial charge in [0.15, 0.2) is 0 Å². The van der Waals surface area contributed by atoms with Gasteiger partial charge in [-0.2, -0.15) is 4.31 Å². The second-order valence-corrected chi connectivity index (χ2v) is 12.0. The number of anilines is 1. The first-order chi connectivity index (χ1) is 17.2. The highest BCUT2D eigenvalue weighted by Gasteiger charge is 2.25. The first-order valence-corrected chi connectivity index (χ1v) is 14.0. The maximum atomic E-state index is 13.6. The Morgan fingerprint density at radius 2 is 1.58 bits per heavy atom. The van der Waals surface area contributed by atoms with Gasteiger partial charge in [0.1, 0.15) is 11.6 Å². The van der Waals surface area contributed by atoms with Crippen LogP contribution in [0.2, 0.25) is 0 Å². The molecule has 0 aliphatic carbocycles. The van der Waals surface area contributed by atoms with Crippen LogP contribution in [0.15, 0.2) is 77.8 Å². The summed E-state index contributed by atoms with van der Waals surface area (Å²) in [5, 5.41) is 3.32. The molecule has 1 N–H and O–H groups in total. The second kappa shape index (κ2) is 12.9. The van der Waals surface area contributed by atoms with Crippen LogP contribution in [0, 0.1) is 0 Å². The summed E-state index contributed by atoms with van der Waals surface area (Å²) in [5.74, 6) is 1.64. The molecule has 0 spiro atoms. The summed E-state index contributed by atoms with van der Waals surface area (Å²) in [5.41, 5.74) is 2.02. The van der Waals surface area contributed by atoms with Gasteiger partial charge in [0.25, 0.3) is 0 Å². The number of benzene rings is 2. The van der Waals surface area contributed by atoms with E-state index >= 15 is 0 Å². The fourth-order valence-corrected chi connectivity index (χ4v) is 5.41. The van der Waals surface area contributed by atoms with Crippen LogP contribution in [0.3, 0.4) is 0 Å². The van der Waals surface area contributed by atoms with E-state index in [0.29, 0.717) is 18.0 Å². The quantitative estimate of drug-likeness (QED) is 0.276. The molecule has 0 saturated heterocycles. The highest BCUT2D eigenvalue weighted by molar-refractivity contribution is 7.89. The van der Waals surface area contributed by atoms with Gasteiger partial charge in [-0.25, -0.2) is 13.4 Å². The lowest BCUT2D eigenvalue weighted by Gasteiger charge is -2.24. The molecule has 0 saturated carbocycles. The molecule has 0 aliphatic heterocycles. The number of methoxy groups -OCH3 is 1. The Bertz CT molecular complexity index is 1160. The van der Waals surface area contributed by atoms with E-state index in [4.69, 9.17) is 4.74 Å². The highest BCUT2D eigenvalue weighted by atomic mass is 32.2. The summed E-state index contributed by atoms with van der Waals surface area (Å²) in [6.45, 7) is 8.03. The molecule has 0 unspecified atom stereocenters. The van der Waals surface area contributed by atoms with Crippen molar-refractivity contribution in [1.82, 2.24) is 9.29 Å². The van der Waals surface area contributed by atoms with Gasteiger partial charge < -0.3 is 10.1 Å². The molecule has 36 heavy (non-hydrogen) atoms. The Morgan fingerprint density at radius 3 is 2.19 bits per heavy atom. The van der Waals surface area contributed by atoms with Crippen LogP contribution in [-0.4, -0.2) is 37.9 Å². The van der Waals surface area contributed by atoms with Crippen LogP contribution in [0.1, 0.15) is 57.6 Å². The van der Waals surface area contributed by atoms with Crippen molar-refractivity contribution in [3.63, 3.8) is 0 Å². The van der Waals surface area contributed by atoms with Crippen molar-refractivity contribution in [2.75, 3.05) is 25.5 Å². The molecule has 0 amide bonds. The molecule has 0 atom stereocenters. The summed E-state index contributed by atoms with van der Waals surface area (Å²) in [4.78, 5) is 4.61. The van der Waals surface area contributed by atoms with E-state index in [2.05, 4.69) is 31.1 Å². The largest absolute Gasteiger partial charge is 0.497 e. The second-order valence-electron chi connectivity index (χ2n) is 10.0. The lowest BCUT2D eigenvalue weighted by atomic mass is 9.87. The van der Waals surface area contributed by atoms with E-state index in [9.17, 15) is 8.42 Å². The zero-order valence-electron chi connectivity index (χ0n) is 21.9. The summed E-state index contributed by atoms with van der Waals surface area (Å²) in [6, 6.07) is 20.7. The molecular formula is C29H39N3O3S. The van der Waals surface area contributed by atoms with Gasteiger partial charge in [0.2, 0.25) is 10.0 Å². The van der Waals surface area contributed by atoms with Gasteiger partial charge in [0, 0.05) is 25.8 Å². The molecule has 1 heterocycles. The minimum atomic E-state index is -3.63. The number of ether oxygens (including phenoxy) is 1. The summed E-state index contributed by atoms with van der Waals surface area (Å²) >= 11 is 0. The standard InChI is InChI=1S/C29H39N3O3S/c1-29(2,3)25-14-18-27(19-15-25)36(33,34)32(23-24-12-16-26(35-4)17-13-24)22-10-6-5-8-20-30-28-11-7-9-21-31-28/h7,9,11-19,21H,5-6,8,10,20,22-23H2,1-4H3,(H,30,31). The normalized spacial score (nSPS) is 12.0. The third kappa shape index (κ3) is 8.07. The number of rotatable bonds is 13. The van der Waals surface area contributed by atoms with E-state index in [0.717, 1.165) is 54.9 Å². The topological polar surface area (TPSA) is 71.5 Å². The molecule has 0 bridgehead atoms. The lowest BCUT2D eigenvalue weighted by molar-refractivity contribution is 0.391. The first-order valence-electron chi connectivity index (χ1n) is 12.6. The van der Waals surface area contributed by atoms with Gasteiger partial charge in [-0.3, -0.25) is 0 Å². The van der Waals surface area contributed by atoms with Crippen molar-refractivity contribution in [1.29, 1.82) is 0 Å². The zero-order chi connectivity index (χ0) is 26.0. The minimum Gasteiger partial charge on any atom is -0.497 e. The molecule has 1 aromatic heterocycles. The van der Waals surface area contributed by atoms with Crippen LogP contribution >= 0.6 is 0 Å². The number of sulfonamides is 1. The van der Waals surface area contributed by atoms with E-state index in [-0.39, 0.29) is 5.41 Å². The SMILES string of the molecule is COc1ccc(CN(CCCCCCNc2ccccn2)S(=O)(=O)c2ccc(C(C)(C)C)cc2)cc1. The Hall–Kier alpha value is -2.90. The number of aromatic nitrogens is 1. The number of nitrogens with one attached hydrogen (secondary N) is 1. The zero-order valence-corrected chi connectivity index (χ0v) is 22.7. The predicted molar refractivity (Wildman–Crippen MR) is 147 cm³/mol. The monoisotopic (exact) mass is 509 g/mol.